The van der Waals surface area contributed by atoms with Gasteiger partial charge in [-0.3, -0.25) is 4.98 Å². The predicted octanol–water partition coefficient (Wildman–Crippen LogP) is 4.40. The van der Waals surface area contributed by atoms with Crippen molar-refractivity contribution in [3.8, 4) is 0 Å². The molecule has 1 heterocycles. The standard InChI is InChI=1S/C15H16Cl2N2/c1-3-19-15(11-6-10(2)8-18-9-11)13-7-12(16)4-5-14(13)17/h4-9,15,19H,3H2,1-2H3. The van der Waals surface area contributed by atoms with Gasteiger partial charge >= 0.3 is 0 Å². The van der Waals surface area contributed by atoms with E-state index >= 15 is 0 Å². The molecule has 1 atom stereocenters. The Bertz CT molecular complexity index is 570. The lowest BCUT2D eigenvalue weighted by Crippen LogP contribution is -2.22. The summed E-state index contributed by atoms with van der Waals surface area (Å²) in [6.07, 6.45) is 3.70. The Morgan fingerprint density at radius 1 is 1.21 bits per heavy atom. The molecule has 1 unspecified atom stereocenters. The van der Waals surface area contributed by atoms with Crippen LogP contribution in [0.5, 0.6) is 0 Å². The van der Waals surface area contributed by atoms with Gasteiger partial charge in [-0.1, -0.05) is 36.2 Å². The van der Waals surface area contributed by atoms with Crippen molar-refractivity contribution < 1.29 is 0 Å². The van der Waals surface area contributed by atoms with E-state index in [0.717, 1.165) is 23.2 Å². The average molecular weight is 295 g/mol. The van der Waals surface area contributed by atoms with Crippen LogP contribution in [0.1, 0.15) is 29.7 Å². The normalized spacial score (nSPS) is 12.4. The molecular weight excluding hydrogens is 279 g/mol. The first-order valence-electron chi connectivity index (χ1n) is 6.21. The Labute approximate surface area is 123 Å². The van der Waals surface area contributed by atoms with Crippen molar-refractivity contribution in [2.45, 2.75) is 19.9 Å². The van der Waals surface area contributed by atoms with E-state index in [4.69, 9.17) is 23.2 Å². The highest BCUT2D eigenvalue weighted by Crippen LogP contribution is 2.30. The number of benzene rings is 1. The molecule has 1 aromatic heterocycles. The molecule has 1 aromatic carbocycles. The van der Waals surface area contributed by atoms with Crippen LogP contribution in [0, 0.1) is 6.92 Å². The lowest BCUT2D eigenvalue weighted by molar-refractivity contribution is 0.628. The smallest absolute Gasteiger partial charge is 0.0607 e. The fourth-order valence-corrected chi connectivity index (χ4v) is 2.49. The fourth-order valence-electron chi connectivity index (χ4n) is 2.08. The molecule has 4 heteroatoms. The number of pyridine rings is 1. The Morgan fingerprint density at radius 2 is 2.00 bits per heavy atom. The second-order valence-electron chi connectivity index (χ2n) is 4.45. The van der Waals surface area contributed by atoms with E-state index in [2.05, 4.69) is 23.3 Å². The summed E-state index contributed by atoms with van der Waals surface area (Å²) in [5.41, 5.74) is 3.19. The molecule has 0 saturated carbocycles. The van der Waals surface area contributed by atoms with Crippen LogP contribution in [0.25, 0.3) is 0 Å². The molecule has 0 saturated heterocycles. The van der Waals surface area contributed by atoms with Crippen molar-refractivity contribution >= 4 is 23.2 Å². The SMILES string of the molecule is CCNC(c1cncc(C)c1)c1cc(Cl)ccc1Cl. The van der Waals surface area contributed by atoms with Crippen LogP contribution >= 0.6 is 23.2 Å². The largest absolute Gasteiger partial charge is 0.306 e. The zero-order valence-corrected chi connectivity index (χ0v) is 12.5. The second kappa shape index (κ2) is 6.38. The minimum atomic E-state index is 0.00333. The highest BCUT2D eigenvalue weighted by molar-refractivity contribution is 6.33. The monoisotopic (exact) mass is 294 g/mol. The molecule has 0 spiro atoms. The van der Waals surface area contributed by atoms with Crippen molar-refractivity contribution in [3.05, 3.63) is 63.4 Å². The van der Waals surface area contributed by atoms with Crippen molar-refractivity contribution in [1.29, 1.82) is 0 Å². The van der Waals surface area contributed by atoms with Crippen molar-refractivity contribution in [2.75, 3.05) is 6.54 Å². The van der Waals surface area contributed by atoms with Gasteiger partial charge in [-0.25, -0.2) is 0 Å². The molecule has 0 radical (unpaired) electrons. The summed E-state index contributed by atoms with van der Waals surface area (Å²) in [6.45, 7) is 4.93. The fraction of sp³-hybridized carbons (Fsp3) is 0.267. The third kappa shape index (κ3) is 3.47. The number of aromatic nitrogens is 1. The van der Waals surface area contributed by atoms with Gasteiger partial charge in [0.25, 0.3) is 0 Å². The van der Waals surface area contributed by atoms with Crippen LogP contribution in [0.2, 0.25) is 10.0 Å². The summed E-state index contributed by atoms with van der Waals surface area (Å²) in [5.74, 6) is 0. The lowest BCUT2D eigenvalue weighted by Gasteiger charge is -2.20. The summed E-state index contributed by atoms with van der Waals surface area (Å²) in [5, 5.41) is 4.82. The maximum absolute atomic E-state index is 6.30. The van der Waals surface area contributed by atoms with Gasteiger partial charge in [0, 0.05) is 22.4 Å². The van der Waals surface area contributed by atoms with Gasteiger partial charge in [0.2, 0.25) is 0 Å². The number of hydrogen-bond acceptors (Lipinski definition) is 2. The third-order valence-electron chi connectivity index (χ3n) is 2.91. The summed E-state index contributed by atoms with van der Waals surface area (Å²) in [7, 11) is 0. The molecule has 2 nitrogen and oxygen atoms in total. The van der Waals surface area contributed by atoms with E-state index in [1.165, 1.54) is 0 Å². The van der Waals surface area contributed by atoms with Crippen LogP contribution in [0.3, 0.4) is 0 Å². The average Bonchev–Trinajstić information content (AvgIpc) is 2.39. The molecule has 0 amide bonds. The maximum Gasteiger partial charge on any atom is 0.0607 e. The quantitative estimate of drug-likeness (QED) is 0.904. The molecule has 100 valence electrons. The lowest BCUT2D eigenvalue weighted by atomic mass is 9.99. The van der Waals surface area contributed by atoms with Crippen LogP contribution < -0.4 is 5.32 Å². The van der Waals surface area contributed by atoms with Crippen LogP contribution in [-0.4, -0.2) is 11.5 Å². The van der Waals surface area contributed by atoms with Gasteiger partial charge in [0.15, 0.2) is 0 Å². The molecule has 2 aromatic rings. The Morgan fingerprint density at radius 3 is 2.68 bits per heavy atom. The van der Waals surface area contributed by atoms with E-state index in [-0.39, 0.29) is 6.04 Å². The van der Waals surface area contributed by atoms with Gasteiger partial charge < -0.3 is 5.32 Å². The molecule has 0 bridgehead atoms. The second-order valence-corrected chi connectivity index (χ2v) is 5.30. The van der Waals surface area contributed by atoms with Gasteiger partial charge in [0.1, 0.15) is 0 Å². The maximum atomic E-state index is 6.30. The highest BCUT2D eigenvalue weighted by Gasteiger charge is 2.17. The molecule has 0 aliphatic rings. The zero-order valence-electron chi connectivity index (χ0n) is 11.0. The summed E-state index contributed by atoms with van der Waals surface area (Å²) in [6, 6.07) is 7.64. The minimum Gasteiger partial charge on any atom is -0.306 e. The first-order chi connectivity index (χ1) is 9.11. The van der Waals surface area contributed by atoms with Gasteiger partial charge in [-0.2, -0.15) is 0 Å². The Hall–Kier alpha value is -1.09. The number of halogens is 2. The number of nitrogens with one attached hydrogen (secondary N) is 1. The minimum absolute atomic E-state index is 0.00333. The Kier molecular flexibility index (Phi) is 4.81. The van der Waals surface area contributed by atoms with Crippen molar-refractivity contribution in [3.63, 3.8) is 0 Å². The van der Waals surface area contributed by atoms with Crippen LogP contribution in [0.4, 0.5) is 0 Å². The summed E-state index contributed by atoms with van der Waals surface area (Å²) >= 11 is 12.4. The highest BCUT2D eigenvalue weighted by atomic mass is 35.5. The van der Waals surface area contributed by atoms with E-state index in [9.17, 15) is 0 Å². The van der Waals surface area contributed by atoms with E-state index in [1.54, 1.807) is 6.07 Å². The molecule has 19 heavy (non-hydrogen) atoms. The van der Waals surface area contributed by atoms with Crippen molar-refractivity contribution in [1.82, 2.24) is 10.3 Å². The molecule has 2 rings (SSSR count). The van der Waals surface area contributed by atoms with Gasteiger partial charge in [-0.15, -0.1) is 0 Å². The van der Waals surface area contributed by atoms with Crippen LogP contribution in [-0.2, 0) is 0 Å². The number of aryl methyl sites for hydroxylation is 1. The number of hydrogen-bond donors (Lipinski definition) is 1. The first-order valence-corrected chi connectivity index (χ1v) is 6.97. The number of nitrogens with zero attached hydrogens (tertiary/aromatic N) is 1. The Balaban J connectivity index is 2.48. The van der Waals surface area contributed by atoms with E-state index < -0.39 is 0 Å². The molecule has 1 N–H and O–H groups in total. The van der Waals surface area contributed by atoms with Crippen LogP contribution in [0.15, 0.2) is 36.7 Å². The molecule has 0 aliphatic heterocycles. The number of rotatable bonds is 4. The first kappa shape index (κ1) is 14.3. The van der Waals surface area contributed by atoms with E-state index in [0.29, 0.717) is 10.0 Å². The van der Waals surface area contributed by atoms with E-state index in [1.807, 2.05) is 31.5 Å². The topological polar surface area (TPSA) is 24.9 Å². The van der Waals surface area contributed by atoms with Gasteiger partial charge in [0.05, 0.1) is 6.04 Å². The molecular formula is C15H16Cl2N2. The summed E-state index contributed by atoms with van der Waals surface area (Å²) in [4.78, 5) is 4.25. The zero-order chi connectivity index (χ0) is 13.8. The molecule has 0 aliphatic carbocycles. The predicted molar refractivity (Wildman–Crippen MR) is 81.0 cm³/mol. The third-order valence-corrected chi connectivity index (χ3v) is 3.49. The summed E-state index contributed by atoms with van der Waals surface area (Å²) < 4.78 is 0. The molecule has 0 fully saturated rings. The van der Waals surface area contributed by atoms with Gasteiger partial charge in [-0.05, 0) is 48.4 Å². The van der Waals surface area contributed by atoms with Crippen molar-refractivity contribution in [2.24, 2.45) is 0 Å².